The van der Waals surface area contributed by atoms with Gasteiger partial charge in [-0.15, -0.1) is 0 Å². The Morgan fingerprint density at radius 3 is 2.35 bits per heavy atom. The lowest BCUT2D eigenvalue weighted by Crippen LogP contribution is -2.37. The molecule has 0 aliphatic heterocycles. The third-order valence-electron chi connectivity index (χ3n) is 4.47. The van der Waals surface area contributed by atoms with Crippen LogP contribution in [0.15, 0.2) is 66.7 Å². The third-order valence-corrected chi connectivity index (χ3v) is 4.47. The highest BCUT2D eigenvalue weighted by atomic mass is 19.1. The highest BCUT2D eigenvalue weighted by Crippen LogP contribution is 2.25. The SMILES string of the molecule is NC(=O)CCN(C(=O)COC(=O)COc1cccc2ccccc12)c1ccc(F)cc1. The highest BCUT2D eigenvalue weighted by molar-refractivity contribution is 5.96. The molecule has 3 aromatic carbocycles. The number of primary amides is 1. The summed E-state index contributed by atoms with van der Waals surface area (Å²) in [5, 5.41) is 1.82. The summed E-state index contributed by atoms with van der Waals surface area (Å²) in [7, 11) is 0. The molecule has 0 aromatic heterocycles. The number of benzene rings is 3. The van der Waals surface area contributed by atoms with Gasteiger partial charge in [0, 0.05) is 24.0 Å². The van der Waals surface area contributed by atoms with Crippen LogP contribution in [0.3, 0.4) is 0 Å². The Labute approximate surface area is 178 Å². The maximum absolute atomic E-state index is 13.2. The molecule has 31 heavy (non-hydrogen) atoms. The molecular weight excluding hydrogens is 403 g/mol. The Bertz CT molecular complexity index is 1080. The van der Waals surface area contributed by atoms with E-state index in [-0.39, 0.29) is 19.6 Å². The van der Waals surface area contributed by atoms with Crippen molar-refractivity contribution in [2.45, 2.75) is 6.42 Å². The second-order valence-electron chi connectivity index (χ2n) is 6.66. The lowest BCUT2D eigenvalue weighted by Gasteiger charge is -2.22. The number of carbonyl (C=O) groups excluding carboxylic acids is 3. The smallest absolute Gasteiger partial charge is 0.344 e. The molecule has 0 saturated carbocycles. The van der Waals surface area contributed by atoms with Gasteiger partial charge in [0.1, 0.15) is 11.6 Å². The van der Waals surface area contributed by atoms with E-state index in [2.05, 4.69) is 0 Å². The molecule has 0 aliphatic rings. The van der Waals surface area contributed by atoms with Crippen molar-refractivity contribution >= 4 is 34.2 Å². The number of halogens is 1. The predicted octanol–water partition coefficient (Wildman–Crippen LogP) is 2.81. The summed E-state index contributed by atoms with van der Waals surface area (Å²) in [5.74, 6) is -1.85. The number of rotatable bonds is 9. The van der Waals surface area contributed by atoms with Crippen LogP contribution in [-0.2, 0) is 19.1 Å². The summed E-state index contributed by atoms with van der Waals surface area (Å²) < 4.78 is 23.8. The van der Waals surface area contributed by atoms with E-state index in [1.54, 1.807) is 6.07 Å². The predicted molar refractivity (Wildman–Crippen MR) is 113 cm³/mol. The quantitative estimate of drug-likeness (QED) is 0.533. The minimum Gasteiger partial charge on any atom is -0.481 e. The van der Waals surface area contributed by atoms with Gasteiger partial charge in [-0.1, -0.05) is 36.4 Å². The van der Waals surface area contributed by atoms with E-state index in [0.717, 1.165) is 10.8 Å². The monoisotopic (exact) mass is 424 g/mol. The van der Waals surface area contributed by atoms with E-state index in [1.165, 1.54) is 29.2 Å². The van der Waals surface area contributed by atoms with E-state index >= 15 is 0 Å². The zero-order valence-corrected chi connectivity index (χ0v) is 16.6. The second-order valence-corrected chi connectivity index (χ2v) is 6.66. The van der Waals surface area contributed by atoms with Crippen LogP contribution in [0.4, 0.5) is 10.1 Å². The van der Waals surface area contributed by atoms with Crippen molar-refractivity contribution in [1.29, 1.82) is 0 Å². The fraction of sp³-hybridized carbons (Fsp3) is 0.174. The standard InChI is InChI=1S/C23H21FN2O5/c24-17-8-10-18(11-9-17)26(13-12-21(25)27)22(28)14-31-23(29)15-30-20-7-3-5-16-4-1-2-6-19(16)20/h1-11H,12-15H2,(H2,25,27). The zero-order chi connectivity index (χ0) is 22.2. The molecule has 3 aromatic rings. The van der Waals surface area contributed by atoms with E-state index in [4.69, 9.17) is 15.2 Å². The van der Waals surface area contributed by atoms with Gasteiger partial charge in [-0.2, -0.15) is 0 Å². The van der Waals surface area contributed by atoms with Gasteiger partial charge in [-0.3, -0.25) is 9.59 Å². The molecule has 0 heterocycles. The fourth-order valence-corrected chi connectivity index (χ4v) is 2.96. The molecule has 0 radical (unpaired) electrons. The summed E-state index contributed by atoms with van der Waals surface area (Å²) in [6, 6.07) is 18.2. The van der Waals surface area contributed by atoms with Crippen LogP contribution in [0.1, 0.15) is 6.42 Å². The number of anilines is 1. The van der Waals surface area contributed by atoms with E-state index in [1.807, 2.05) is 36.4 Å². The van der Waals surface area contributed by atoms with Gasteiger partial charge in [0.25, 0.3) is 5.91 Å². The highest BCUT2D eigenvalue weighted by Gasteiger charge is 2.19. The van der Waals surface area contributed by atoms with Crippen molar-refractivity contribution in [3.05, 3.63) is 72.5 Å². The maximum atomic E-state index is 13.2. The van der Waals surface area contributed by atoms with Gasteiger partial charge in [0.15, 0.2) is 13.2 Å². The van der Waals surface area contributed by atoms with Crippen molar-refractivity contribution < 1.29 is 28.2 Å². The van der Waals surface area contributed by atoms with Crippen molar-refractivity contribution in [1.82, 2.24) is 0 Å². The van der Waals surface area contributed by atoms with Crippen molar-refractivity contribution in [2.75, 3.05) is 24.7 Å². The van der Waals surface area contributed by atoms with E-state index in [9.17, 15) is 18.8 Å². The number of esters is 1. The first-order valence-corrected chi connectivity index (χ1v) is 9.54. The van der Waals surface area contributed by atoms with E-state index in [0.29, 0.717) is 11.4 Å². The number of amides is 2. The number of ether oxygens (including phenoxy) is 2. The van der Waals surface area contributed by atoms with Crippen LogP contribution in [-0.4, -0.2) is 37.5 Å². The van der Waals surface area contributed by atoms with Gasteiger partial charge in [-0.05, 0) is 35.7 Å². The molecule has 2 amide bonds. The Morgan fingerprint density at radius 2 is 1.61 bits per heavy atom. The minimum atomic E-state index is -0.727. The number of fused-ring (bicyclic) bond motifs is 1. The van der Waals surface area contributed by atoms with E-state index < -0.39 is 30.2 Å². The summed E-state index contributed by atoms with van der Waals surface area (Å²) in [4.78, 5) is 37.0. The molecule has 2 N–H and O–H groups in total. The molecule has 7 nitrogen and oxygen atoms in total. The van der Waals surface area contributed by atoms with Crippen molar-refractivity contribution in [3.63, 3.8) is 0 Å². The Kier molecular flexibility index (Phi) is 7.16. The van der Waals surface area contributed by atoms with Crippen LogP contribution >= 0.6 is 0 Å². The first-order valence-electron chi connectivity index (χ1n) is 9.54. The summed E-state index contributed by atoms with van der Waals surface area (Å²) in [6.07, 6.45) is -0.0960. The van der Waals surface area contributed by atoms with Gasteiger partial charge >= 0.3 is 5.97 Å². The minimum absolute atomic E-state index is 0.0240. The number of hydrogen-bond acceptors (Lipinski definition) is 5. The van der Waals surface area contributed by atoms with Crippen LogP contribution in [0.25, 0.3) is 10.8 Å². The lowest BCUT2D eigenvalue weighted by molar-refractivity contribution is -0.149. The topological polar surface area (TPSA) is 98.9 Å². The molecule has 3 rings (SSSR count). The van der Waals surface area contributed by atoms with Gasteiger partial charge in [0.05, 0.1) is 0 Å². The zero-order valence-electron chi connectivity index (χ0n) is 16.6. The Morgan fingerprint density at radius 1 is 0.903 bits per heavy atom. The molecule has 8 heteroatoms. The van der Waals surface area contributed by atoms with Crippen LogP contribution < -0.4 is 15.4 Å². The summed E-state index contributed by atoms with van der Waals surface area (Å²) in [6.45, 7) is -0.961. The van der Waals surface area contributed by atoms with Gasteiger partial charge in [-0.25, -0.2) is 9.18 Å². The van der Waals surface area contributed by atoms with Crippen molar-refractivity contribution in [2.24, 2.45) is 5.73 Å². The van der Waals surface area contributed by atoms with Crippen LogP contribution in [0.2, 0.25) is 0 Å². The molecule has 0 bridgehead atoms. The molecule has 0 aliphatic carbocycles. The average Bonchev–Trinajstić information content (AvgIpc) is 2.77. The second kappa shape index (κ2) is 10.2. The lowest BCUT2D eigenvalue weighted by atomic mass is 10.1. The fourth-order valence-electron chi connectivity index (χ4n) is 2.96. The molecule has 0 fully saturated rings. The number of hydrogen-bond donors (Lipinski definition) is 1. The Balaban J connectivity index is 1.58. The maximum Gasteiger partial charge on any atom is 0.344 e. The van der Waals surface area contributed by atoms with Crippen LogP contribution in [0.5, 0.6) is 5.75 Å². The van der Waals surface area contributed by atoms with Gasteiger partial charge in [0.2, 0.25) is 5.91 Å². The number of nitrogens with zero attached hydrogens (tertiary/aromatic N) is 1. The summed E-state index contributed by atoms with van der Waals surface area (Å²) in [5.41, 5.74) is 5.52. The van der Waals surface area contributed by atoms with Gasteiger partial charge < -0.3 is 20.1 Å². The average molecular weight is 424 g/mol. The number of carbonyl (C=O) groups is 3. The molecule has 0 spiro atoms. The largest absolute Gasteiger partial charge is 0.481 e. The third kappa shape index (κ3) is 6.02. The first-order chi connectivity index (χ1) is 14.9. The normalized spacial score (nSPS) is 10.5. The van der Waals surface area contributed by atoms with Crippen molar-refractivity contribution in [3.8, 4) is 5.75 Å². The number of nitrogens with two attached hydrogens (primary N) is 1. The molecular formula is C23H21FN2O5. The molecule has 160 valence electrons. The Hall–Kier alpha value is -3.94. The van der Waals surface area contributed by atoms with Crippen LogP contribution in [0, 0.1) is 5.82 Å². The molecule has 0 unspecified atom stereocenters. The molecule has 0 saturated heterocycles. The first kappa shape index (κ1) is 21.8. The molecule has 0 atom stereocenters. The summed E-state index contributed by atoms with van der Waals surface area (Å²) >= 11 is 0.